The zero-order chi connectivity index (χ0) is 24.8. The Balaban J connectivity index is 1.43. The molecule has 0 bridgehead atoms. The van der Waals surface area contributed by atoms with Crippen LogP contribution >= 0.6 is 11.6 Å². The number of amides is 2. The summed E-state index contributed by atoms with van der Waals surface area (Å²) < 4.78 is 29.0. The van der Waals surface area contributed by atoms with Crippen LogP contribution in [0.15, 0.2) is 96.0 Å². The molecule has 1 heterocycles. The van der Waals surface area contributed by atoms with Crippen LogP contribution in [0.1, 0.15) is 5.56 Å². The average molecular weight is 508 g/mol. The number of benzene rings is 3. The molecule has 5 N–H and O–H groups in total. The number of nitrogen functional groups attached to an aromatic ring is 1. The van der Waals surface area contributed by atoms with Gasteiger partial charge in [-0.2, -0.15) is 0 Å². The predicted octanol–water partition coefficient (Wildman–Crippen LogP) is 5.11. The lowest BCUT2D eigenvalue weighted by Gasteiger charge is -2.14. The predicted molar refractivity (Wildman–Crippen MR) is 139 cm³/mol. The lowest BCUT2D eigenvalue weighted by molar-refractivity contribution is 0.251. The number of sulfonamides is 1. The minimum atomic E-state index is -3.94. The first-order valence-electron chi connectivity index (χ1n) is 10.5. The highest BCUT2D eigenvalue weighted by Crippen LogP contribution is 2.31. The Hall–Kier alpha value is -4.08. The number of urea groups is 1. The average Bonchev–Trinajstić information content (AvgIpc) is 2.85. The highest BCUT2D eigenvalue weighted by atomic mass is 35.5. The zero-order valence-electron chi connectivity index (χ0n) is 18.4. The van der Waals surface area contributed by atoms with Gasteiger partial charge in [-0.05, 0) is 53.6 Å². The van der Waals surface area contributed by atoms with Crippen LogP contribution in [-0.4, -0.2) is 19.4 Å². The Morgan fingerprint density at radius 3 is 2.31 bits per heavy atom. The number of carbonyl (C=O) groups is 1. The normalized spacial score (nSPS) is 11.0. The van der Waals surface area contributed by atoms with Crippen molar-refractivity contribution in [2.45, 2.75) is 11.4 Å². The van der Waals surface area contributed by atoms with Crippen molar-refractivity contribution in [1.82, 2.24) is 10.3 Å². The monoisotopic (exact) mass is 507 g/mol. The van der Waals surface area contributed by atoms with Crippen LogP contribution in [0.4, 0.5) is 22.0 Å². The van der Waals surface area contributed by atoms with Crippen molar-refractivity contribution in [3.05, 3.63) is 102 Å². The first kappa shape index (κ1) is 24.1. The number of aromatic nitrogens is 1. The maximum Gasteiger partial charge on any atom is 0.319 e. The molecule has 4 aromatic rings. The molecule has 35 heavy (non-hydrogen) atoms. The smallest absolute Gasteiger partial charge is 0.319 e. The van der Waals surface area contributed by atoms with E-state index in [9.17, 15) is 13.2 Å². The van der Waals surface area contributed by atoms with Crippen LogP contribution in [0.2, 0.25) is 5.02 Å². The summed E-state index contributed by atoms with van der Waals surface area (Å²) in [6, 6.07) is 23.3. The molecule has 0 radical (unpaired) electrons. The number of anilines is 3. The summed E-state index contributed by atoms with van der Waals surface area (Å²) in [7, 11) is -3.94. The molecule has 0 aliphatic carbocycles. The number of halogens is 1. The molecule has 0 atom stereocenters. The molecule has 0 aliphatic rings. The van der Waals surface area contributed by atoms with Gasteiger partial charge in [0, 0.05) is 34.7 Å². The molecule has 0 aliphatic heterocycles. The Kier molecular flexibility index (Phi) is 7.19. The molecule has 1 aromatic heterocycles. The molecular weight excluding hydrogens is 486 g/mol. The minimum Gasteiger partial charge on any atom is -0.384 e. The van der Waals surface area contributed by atoms with Crippen LogP contribution in [0.3, 0.4) is 0 Å². The molecule has 3 aromatic carbocycles. The van der Waals surface area contributed by atoms with Gasteiger partial charge < -0.3 is 16.4 Å². The van der Waals surface area contributed by atoms with E-state index in [4.69, 9.17) is 17.3 Å². The lowest BCUT2D eigenvalue weighted by Crippen LogP contribution is -2.28. The minimum absolute atomic E-state index is 0.0648. The fourth-order valence-electron chi connectivity index (χ4n) is 3.30. The van der Waals surface area contributed by atoms with Crippen molar-refractivity contribution in [1.29, 1.82) is 0 Å². The summed E-state index contributed by atoms with van der Waals surface area (Å²) in [5.74, 6) is 0.403. The fourth-order valence-corrected chi connectivity index (χ4v) is 4.86. The van der Waals surface area contributed by atoms with Crippen molar-refractivity contribution in [3.8, 4) is 11.1 Å². The summed E-state index contributed by atoms with van der Waals surface area (Å²) in [6.07, 6.45) is 1.58. The second-order valence-corrected chi connectivity index (χ2v) is 9.68. The Morgan fingerprint density at radius 1 is 0.914 bits per heavy atom. The van der Waals surface area contributed by atoms with Crippen LogP contribution in [0, 0.1) is 0 Å². The van der Waals surface area contributed by atoms with E-state index in [-0.39, 0.29) is 11.4 Å². The van der Waals surface area contributed by atoms with E-state index in [1.807, 2.05) is 30.3 Å². The Labute approximate surface area is 208 Å². The first-order valence-corrected chi connectivity index (χ1v) is 12.4. The molecule has 0 saturated carbocycles. The topological polar surface area (TPSA) is 126 Å². The molecule has 2 amide bonds. The summed E-state index contributed by atoms with van der Waals surface area (Å²) in [5, 5.41) is 5.72. The number of pyridine rings is 1. The quantitative estimate of drug-likeness (QED) is 0.276. The number of nitrogens with zero attached hydrogens (tertiary/aromatic N) is 1. The summed E-state index contributed by atoms with van der Waals surface area (Å²) >= 11 is 6.11. The largest absolute Gasteiger partial charge is 0.384 e. The van der Waals surface area contributed by atoms with E-state index < -0.39 is 16.1 Å². The van der Waals surface area contributed by atoms with E-state index in [1.165, 1.54) is 6.07 Å². The second kappa shape index (κ2) is 10.5. The number of rotatable bonds is 7. The fraction of sp³-hybridized carbons (Fsp3) is 0.0400. The summed E-state index contributed by atoms with van der Waals surface area (Å²) in [4.78, 5) is 16.2. The highest BCUT2D eigenvalue weighted by Gasteiger charge is 2.20. The molecule has 0 unspecified atom stereocenters. The van der Waals surface area contributed by atoms with Gasteiger partial charge in [-0.3, -0.25) is 4.72 Å². The maximum atomic E-state index is 13.2. The van der Waals surface area contributed by atoms with E-state index in [0.29, 0.717) is 27.8 Å². The van der Waals surface area contributed by atoms with E-state index >= 15 is 0 Å². The molecule has 0 spiro atoms. The van der Waals surface area contributed by atoms with Crippen molar-refractivity contribution >= 4 is 44.8 Å². The third-order valence-electron chi connectivity index (χ3n) is 5.01. The lowest BCUT2D eigenvalue weighted by atomic mass is 10.1. The maximum absolute atomic E-state index is 13.2. The SMILES string of the molecule is Nc1ccc(CNC(=O)Nc2ccc(NS(=O)(=O)c3cc(Cl)ccc3-c3ccccc3)cc2)cn1. The van der Waals surface area contributed by atoms with Gasteiger partial charge in [-0.25, -0.2) is 18.2 Å². The van der Waals surface area contributed by atoms with Gasteiger partial charge >= 0.3 is 6.03 Å². The number of hydrogen-bond donors (Lipinski definition) is 4. The number of hydrogen-bond acceptors (Lipinski definition) is 5. The van der Waals surface area contributed by atoms with Gasteiger partial charge in [0.1, 0.15) is 5.82 Å². The molecule has 4 rings (SSSR count). The molecule has 0 saturated heterocycles. The summed E-state index contributed by atoms with van der Waals surface area (Å²) in [5.41, 5.74) is 8.47. The number of nitrogens with one attached hydrogen (secondary N) is 3. The van der Waals surface area contributed by atoms with Gasteiger partial charge in [0.2, 0.25) is 0 Å². The number of nitrogens with two attached hydrogens (primary N) is 1. The van der Waals surface area contributed by atoms with Gasteiger partial charge in [0.25, 0.3) is 10.0 Å². The standard InChI is InChI=1S/C25H22ClN5O3S/c26-19-7-12-22(18-4-2-1-3-5-18)23(14-19)35(33,34)31-21-10-8-20(9-11-21)30-25(32)29-16-17-6-13-24(27)28-15-17/h1-15,31H,16H2,(H2,27,28)(H2,29,30,32). The van der Waals surface area contributed by atoms with E-state index in [1.54, 1.807) is 54.7 Å². The molecule has 8 nitrogen and oxygen atoms in total. The van der Waals surface area contributed by atoms with Crippen LogP contribution < -0.4 is 21.1 Å². The third-order valence-corrected chi connectivity index (χ3v) is 6.67. The zero-order valence-corrected chi connectivity index (χ0v) is 20.0. The molecule has 0 fully saturated rings. The third kappa shape index (κ3) is 6.28. The first-order chi connectivity index (χ1) is 16.8. The molecular formula is C25H22ClN5O3S. The van der Waals surface area contributed by atoms with Gasteiger partial charge in [-0.15, -0.1) is 0 Å². The van der Waals surface area contributed by atoms with Crippen LogP contribution in [-0.2, 0) is 16.6 Å². The van der Waals surface area contributed by atoms with Crippen molar-refractivity contribution < 1.29 is 13.2 Å². The second-order valence-electron chi connectivity index (χ2n) is 7.59. The van der Waals surface area contributed by atoms with Crippen LogP contribution in [0.5, 0.6) is 0 Å². The van der Waals surface area contributed by atoms with E-state index in [2.05, 4.69) is 20.3 Å². The van der Waals surface area contributed by atoms with Crippen LogP contribution in [0.25, 0.3) is 11.1 Å². The van der Waals surface area contributed by atoms with Crippen molar-refractivity contribution in [2.75, 3.05) is 15.8 Å². The van der Waals surface area contributed by atoms with Gasteiger partial charge in [0.05, 0.1) is 4.90 Å². The van der Waals surface area contributed by atoms with E-state index in [0.717, 1.165) is 11.1 Å². The molecule has 178 valence electrons. The van der Waals surface area contributed by atoms with Crippen molar-refractivity contribution in [3.63, 3.8) is 0 Å². The highest BCUT2D eigenvalue weighted by molar-refractivity contribution is 7.92. The number of carbonyl (C=O) groups excluding carboxylic acids is 1. The molecule has 10 heteroatoms. The Morgan fingerprint density at radius 2 is 1.63 bits per heavy atom. The van der Waals surface area contributed by atoms with Gasteiger partial charge in [0.15, 0.2) is 0 Å². The summed E-state index contributed by atoms with van der Waals surface area (Å²) in [6.45, 7) is 0.278. The Bertz CT molecular complexity index is 1430. The van der Waals surface area contributed by atoms with Gasteiger partial charge in [-0.1, -0.05) is 54.1 Å². The van der Waals surface area contributed by atoms with Crippen molar-refractivity contribution in [2.24, 2.45) is 0 Å².